The van der Waals surface area contributed by atoms with Gasteiger partial charge in [-0.15, -0.1) is 11.6 Å². The fourth-order valence-corrected chi connectivity index (χ4v) is 23.1. The summed E-state index contributed by atoms with van der Waals surface area (Å²) in [6.07, 6.45) is 12.5. The van der Waals surface area contributed by atoms with E-state index in [1.54, 1.807) is 34.3 Å². The zero-order valence-corrected chi connectivity index (χ0v) is 80.7. The molecule has 31 nitrogen and oxygen atoms in total. The SMILES string of the molecule is C=CC(=O)N1C[C@H](C)N(C2NC(=O)N3C4NC(C(F)CC42)C2C(Cl)CCCC2NCCCC2CCNC(C(C)C)C23)C[C@H]1C.C=CC(=O)N1C[C@H](C)N(c2nc(=O)n3c4nc(c(F)cc24)-c2c(F)cccc2N(C)C(=O)NCCc2ccnc(C(C)C)c2-3)C[C@H]1C.C=CC(=O)N1C[C@H](C)N(c2nc(=O)n3c4nc(c(F)cc24)-c2c(F)cccc2NC(=O)NCCc2ccnc(C(C)C)c2-3)C[C@H]1C. The number of piperidine rings is 2. The minimum Gasteiger partial charge on any atom is -0.349 e. The van der Waals surface area contributed by atoms with E-state index in [1.807, 2.05) is 77.0 Å². The molecule has 2 aromatic carbocycles. The van der Waals surface area contributed by atoms with E-state index in [-0.39, 0.29) is 200 Å². The predicted molar refractivity (Wildman–Crippen MR) is 519 cm³/mol. The number of carbonyl (C=O) groups excluding carboxylic acids is 6. The third-order valence-electron chi connectivity index (χ3n) is 29.3. The van der Waals surface area contributed by atoms with Crippen LogP contribution in [0.25, 0.3) is 56.0 Å². The minimum absolute atomic E-state index is 0.000589. The predicted octanol–water partition coefficient (Wildman–Crippen LogP) is 12.3. The van der Waals surface area contributed by atoms with E-state index in [0.29, 0.717) is 104 Å². The lowest BCUT2D eigenvalue weighted by Gasteiger charge is -2.60. The summed E-state index contributed by atoms with van der Waals surface area (Å²) in [5, 5.41) is 23.4. The smallest absolute Gasteiger partial charge is 0.349 e. The molecule has 6 aromatic heterocycles. The monoisotopic (exact) mass is 1910 g/mol. The van der Waals surface area contributed by atoms with Crippen molar-refractivity contribution in [3.8, 4) is 33.9 Å². The van der Waals surface area contributed by atoms with Crippen molar-refractivity contribution in [3.05, 3.63) is 178 Å². The van der Waals surface area contributed by atoms with Crippen LogP contribution >= 0.6 is 11.6 Å². The van der Waals surface area contributed by atoms with Gasteiger partial charge < -0.3 is 61.3 Å². The third kappa shape index (κ3) is 18.9. The molecule has 1 saturated carbocycles. The molecule has 9 aliphatic heterocycles. The minimum atomic E-state index is -1.08. The second-order valence-corrected chi connectivity index (χ2v) is 39.8. The summed E-state index contributed by atoms with van der Waals surface area (Å²) in [5.41, 5.74) is 1.02. The van der Waals surface area contributed by atoms with Gasteiger partial charge in [-0.25, -0.2) is 65.0 Å². The Morgan fingerprint density at radius 2 is 1.08 bits per heavy atom. The van der Waals surface area contributed by atoms with E-state index in [9.17, 15) is 38.4 Å². The van der Waals surface area contributed by atoms with Crippen LogP contribution in [-0.2, 0) is 27.2 Å². The lowest BCUT2D eigenvalue weighted by atomic mass is 9.71. The Hall–Kier alpha value is -11.9. The number of alkyl halides is 2. The highest BCUT2D eigenvalue weighted by atomic mass is 35.5. The number of aromatic nitrogens is 8. The first-order chi connectivity index (χ1) is 65.5. The quantitative estimate of drug-likeness (QED) is 0.0401. The molecule has 8 aromatic rings. The first-order valence-corrected chi connectivity index (χ1v) is 48.5. The number of pyridine rings is 4. The fraction of sp³-hybridized carbons (Fsp3) is 0.520. The van der Waals surface area contributed by atoms with E-state index in [1.165, 1.54) is 81.8 Å². The van der Waals surface area contributed by atoms with Gasteiger partial charge in [-0.2, -0.15) is 9.97 Å². The Kier molecular flexibility index (Phi) is 29.2. The molecule has 0 radical (unpaired) electrons. The van der Waals surface area contributed by atoms with Crippen molar-refractivity contribution in [3.63, 3.8) is 0 Å². The van der Waals surface area contributed by atoms with Crippen LogP contribution in [0.2, 0.25) is 0 Å². The first kappa shape index (κ1) is 98.2. The van der Waals surface area contributed by atoms with Gasteiger partial charge in [0.25, 0.3) is 0 Å². The molecular weight excluding hydrogens is 1780 g/mol. The maximum atomic E-state index is 16.7. The van der Waals surface area contributed by atoms with Crippen LogP contribution in [0.4, 0.5) is 59.3 Å². The summed E-state index contributed by atoms with van der Waals surface area (Å²) >= 11 is 7.06. The van der Waals surface area contributed by atoms with Crippen LogP contribution in [0, 0.1) is 46.9 Å². The van der Waals surface area contributed by atoms with Gasteiger partial charge in [0.15, 0.2) is 22.9 Å². The summed E-state index contributed by atoms with van der Waals surface area (Å²) in [5.74, 6) is -3.20. The van der Waals surface area contributed by atoms with Crippen molar-refractivity contribution in [1.82, 2.24) is 95.4 Å². The highest BCUT2D eigenvalue weighted by Gasteiger charge is 2.58. The topological polar surface area (TPSA) is 334 Å². The molecule has 17 atom stereocenters. The van der Waals surface area contributed by atoms with Crippen molar-refractivity contribution in [2.75, 3.05) is 92.5 Å². The number of benzene rings is 2. The van der Waals surface area contributed by atoms with Crippen LogP contribution < -0.4 is 63.3 Å². The Labute approximate surface area is 799 Å². The zero-order valence-electron chi connectivity index (χ0n) is 80.0. The number of carbonyl (C=O) groups is 6. The van der Waals surface area contributed by atoms with Gasteiger partial charge in [0, 0.05) is 143 Å². The van der Waals surface area contributed by atoms with E-state index < -0.39 is 58.9 Å². The molecule has 7 saturated heterocycles. The number of halogens is 6. The maximum Gasteiger partial charge on any atom is 0.355 e. The second-order valence-electron chi connectivity index (χ2n) is 39.2. The van der Waals surface area contributed by atoms with Crippen LogP contribution in [0.5, 0.6) is 0 Å². The second kappa shape index (κ2) is 40.7. The summed E-state index contributed by atoms with van der Waals surface area (Å²) in [4.78, 5) is 149. The Morgan fingerprint density at radius 1 is 0.555 bits per heavy atom. The molecule has 8 fully saturated rings. The van der Waals surface area contributed by atoms with Crippen molar-refractivity contribution in [2.24, 2.45) is 23.7 Å². The molecule has 7 N–H and O–H groups in total. The van der Waals surface area contributed by atoms with Crippen LogP contribution in [0.15, 0.2) is 121 Å². The number of nitrogens with zero attached hydrogens (tertiary/aromatic N) is 16. The molecule has 730 valence electrons. The molecule has 1 aliphatic carbocycles. The number of urea groups is 3. The molecular formula is C100H125ClF5N23O8. The fourth-order valence-electron chi connectivity index (χ4n) is 22.6. The lowest BCUT2D eigenvalue weighted by Crippen LogP contribution is -2.80. The summed E-state index contributed by atoms with van der Waals surface area (Å²) in [7, 11) is 1.47. The molecule has 137 heavy (non-hydrogen) atoms. The number of anilines is 4. The molecule has 10 aliphatic rings. The zero-order chi connectivity index (χ0) is 97.9. The van der Waals surface area contributed by atoms with Gasteiger partial charge in [-0.1, -0.05) is 79.8 Å². The number of piperazine rings is 3. The van der Waals surface area contributed by atoms with Gasteiger partial charge >= 0.3 is 29.5 Å². The third-order valence-corrected chi connectivity index (χ3v) is 29.9. The highest BCUT2D eigenvalue weighted by Crippen LogP contribution is 2.47. The Morgan fingerprint density at radius 3 is 1.63 bits per heavy atom. The molecule has 18 rings (SSSR count). The molecule has 9 amide bonds. The number of amides is 9. The van der Waals surface area contributed by atoms with E-state index in [2.05, 4.69) is 112 Å². The van der Waals surface area contributed by atoms with E-state index >= 15 is 22.0 Å². The number of nitrogens with one attached hydrogen (secondary N) is 7. The van der Waals surface area contributed by atoms with Gasteiger partial charge in [-0.3, -0.25) is 39.5 Å². The normalized spacial score (nSPS) is 26.9. The number of hydrogen-bond donors (Lipinski definition) is 7. The van der Waals surface area contributed by atoms with E-state index in [0.717, 1.165) is 57.7 Å². The van der Waals surface area contributed by atoms with Crippen molar-refractivity contribution < 1.29 is 50.7 Å². The van der Waals surface area contributed by atoms with Crippen molar-refractivity contribution in [2.45, 2.75) is 237 Å². The first-order valence-electron chi connectivity index (χ1n) is 48.1. The summed E-state index contributed by atoms with van der Waals surface area (Å²) in [6, 6.07) is 11.6. The Balaban J connectivity index is 0.000000149. The largest absolute Gasteiger partial charge is 0.355 e. The number of fused-ring (bicyclic) bond motifs is 15. The number of rotatable bonds is 9. The number of hydrogen-bond acceptors (Lipinski definition) is 20. The van der Waals surface area contributed by atoms with E-state index in [4.69, 9.17) is 16.6 Å². The van der Waals surface area contributed by atoms with Gasteiger partial charge in [0.2, 0.25) is 17.7 Å². The van der Waals surface area contributed by atoms with Gasteiger partial charge in [-0.05, 0) is 208 Å². The molecule has 37 heteroatoms. The van der Waals surface area contributed by atoms with Crippen LogP contribution in [-0.4, -0.2) is 256 Å². The standard InChI is InChI=1S/C34H36F2N8O3.C33H55ClFN7O2.C33H34F2N8O3/c1-7-26(45)42-16-20(5)43(17-19(42)4)31-22-15-24(36)29-27-23(35)9-8-10-25(27)41(6)33(46)38-14-12-21-11-13-37-28(18(2)3)30(21)44(32(22)39-29)34(47)40-31;1-6-26(43)40-16-20(5)41(17-19(40)4)31-22-15-24(35)29-27-23(34)10-7-11-25(27)36-13-8-9-21-12-14-37-28(18(2)3)30(21)42(32(22)38-29)33(44)39-31;1-6-25(44)41-15-19(5)42(16-18(41)4)30-21-14-23(35)28-26-22(34)8-7-9-24(26)38-32(45)37-13-11-20-10-12-36-27(17(2)3)29(20)43(31(21)39-28)33(46)40-30/h7-11,13,15,18-20H,1,12,14,16-17H2,2-6H3,(H,38,46);6,18-25,27-32,36-38H,1,7-17H2,2-5H3,(H,39,44);6-10,12,14,17-19H,1,11,13,15-16H2,2-5H3,(H2,37,38,45)/t19-,20+;19-,20+,21?,22?,23?,24?,25?,27?,28?,29?,30?,31?,32?;18-,19+/m111/s1. The molecule has 11 unspecified atom stereocenters. The van der Waals surface area contributed by atoms with Gasteiger partial charge in [0.05, 0.1) is 74.4 Å². The average Bonchev–Trinajstić information content (AvgIpc) is 1.12. The lowest BCUT2D eigenvalue weighted by molar-refractivity contribution is -0.136. The van der Waals surface area contributed by atoms with Crippen molar-refractivity contribution >= 4 is 92.5 Å². The van der Waals surface area contributed by atoms with Crippen molar-refractivity contribution in [1.29, 1.82) is 0 Å². The van der Waals surface area contributed by atoms with Crippen LogP contribution in [0.3, 0.4) is 0 Å². The molecule has 15 heterocycles. The summed E-state index contributed by atoms with van der Waals surface area (Å²) in [6.45, 7) is 39.4. The molecule has 6 bridgehead atoms. The maximum absolute atomic E-state index is 16.7. The van der Waals surface area contributed by atoms with Crippen LogP contribution in [0.1, 0.15) is 162 Å². The van der Waals surface area contributed by atoms with Gasteiger partial charge in [0.1, 0.15) is 40.8 Å². The Bertz CT molecular complexity index is 6140. The summed E-state index contributed by atoms with van der Waals surface area (Å²) < 4.78 is 83.3. The molecule has 0 spiro atoms. The average molecular weight is 1910 g/mol. The highest BCUT2D eigenvalue weighted by molar-refractivity contribution is 6.21.